The van der Waals surface area contributed by atoms with Crippen LogP contribution in [0.4, 0.5) is 11.5 Å². The van der Waals surface area contributed by atoms with Crippen molar-refractivity contribution in [2.75, 3.05) is 11.1 Å². The standard InChI is InChI=1S/C18H18N4OS/c1-12-8-10-13(11-9-12)17(23)20-15-16(19)22(2)21-18(15)24-14-6-4-3-5-7-14/h3-11H,19H2,1-2H3,(H,20,23). The number of nitrogen functional groups attached to an aromatic ring is 1. The van der Waals surface area contributed by atoms with Crippen LogP contribution in [0.25, 0.3) is 0 Å². The van der Waals surface area contributed by atoms with Crippen LogP contribution in [0.3, 0.4) is 0 Å². The van der Waals surface area contributed by atoms with Gasteiger partial charge in [-0.25, -0.2) is 0 Å². The first-order chi connectivity index (χ1) is 11.5. The Bertz CT molecular complexity index is 857. The van der Waals surface area contributed by atoms with Crippen LogP contribution in [0.1, 0.15) is 15.9 Å². The van der Waals surface area contributed by atoms with Crippen LogP contribution in [0.5, 0.6) is 0 Å². The van der Waals surface area contributed by atoms with E-state index in [1.54, 1.807) is 23.9 Å². The van der Waals surface area contributed by atoms with Crippen molar-refractivity contribution in [2.45, 2.75) is 16.8 Å². The van der Waals surface area contributed by atoms with Gasteiger partial charge in [0, 0.05) is 17.5 Å². The SMILES string of the molecule is Cc1ccc(C(=O)Nc2c(Sc3ccccc3)nn(C)c2N)cc1. The molecule has 24 heavy (non-hydrogen) atoms. The van der Waals surface area contributed by atoms with E-state index in [1.807, 2.05) is 49.4 Å². The highest BCUT2D eigenvalue weighted by Crippen LogP contribution is 2.36. The number of aryl methyl sites for hydroxylation is 2. The molecule has 0 aliphatic rings. The Morgan fingerprint density at radius 1 is 1.12 bits per heavy atom. The maximum absolute atomic E-state index is 12.5. The molecule has 0 aliphatic carbocycles. The van der Waals surface area contributed by atoms with Crippen molar-refractivity contribution in [3.8, 4) is 0 Å². The molecule has 3 rings (SSSR count). The molecule has 1 heterocycles. The van der Waals surface area contributed by atoms with E-state index in [2.05, 4.69) is 10.4 Å². The number of carbonyl (C=O) groups excluding carboxylic acids is 1. The maximum Gasteiger partial charge on any atom is 0.255 e. The summed E-state index contributed by atoms with van der Waals surface area (Å²) < 4.78 is 1.57. The minimum atomic E-state index is -0.204. The van der Waals surface area contributed by atoms with Gasteiger partial charge in [0.1, 0.15) is 16.5 Å². The summed E-state index contributed by atoms with van der Waals surface area (Å²) >= 11 is 1.46. The molecule has 0 saturated heterocycles. The number of nitrogens with two attached hydrogens (primary N) is 1. The van der Waals surface area contributed by atoms with Crippen LogP contribution < -0.4 is 11.1 Å². The van der Waals surface area contributed by atoms with Crippen molar-refractivity contribution in [1.82, 2.24) is 9.78 Å². The van der Waals surface area contributed by atoms with Gasteiger partial charge >= 0.3 is 0 Å². The predicted octanol–water partition coefficient (Wildman–Crippen LogP) is 3.71. The molecular formula is C18H18N4OS. The number of nitrogens with zero attached hydrogens (tertiary/aromatic N) is 2. The number of anilines is 2. The molecular weight excluding hydrogens is 320 g/mol. The molecule has 0 unspecified atom stereocenters. The van der Waals surface area contributed by atoms with Crippen LogP contribution in [0.2, 0.25) is 0 Å². The Balaban J connectivity index is 1.87. The second kappa shape index (κ2) is 6.80. The highest BCUT2D eigenvalue weighted by Gasteiger charge is 2.18. The van der Waals surface area contributed by atoms with E-state index in [9.17, 15) is 4.79 Å². The largest absolute Gasteiger partial charge is 0.382 e. The quantitative estimate of drug-likeness (QED) is 0.760. The highest BCUT2D eigenvalue weighted by molar-refractivity contribution is 7.99. The number of amides is 1. The zero-order valence-corrected chi connectivity index (χ0v) is 14.3. The fraction of sp³-hybridized carbons (Fsp3) is 0.111. The highest BCUT2D eigenvalue weighted by atomic mass is 32.2. The Hall–Kier alpha value is -2.73. The van der Waals surface area contributed by atoms with E-state index >= 15 is 0 Å². The number of nitrogens with one attached hydrogen (secondary N) is 1. The van der Waals surface area contributed by atoms with Crippen LogP contribution >= 0.6 is 11.8 Å². The summed E-state index contributed by atoms with van der Waals surface area (Å²) in [5.74, 6) is 0.221. The van der Waals surface area contributed by atoms with Crippen LogP contribution in [0.15, 0.2) is 64.5 Å². The molecule has 0 radical (unpaired) electrons. The summed E-state index contributed by atoms with van der Waals surface area (Å²) in [6, 6.07) is 17.2. The van der Waals surface area contributed by atoms with Gasteiger partial charge in [-0.1, -0.05) is 47.7 Å². The third-order valence-electron chi connectivity index (χ3n) is 3.57. The Kier molecular flexibility index (Phi) is 4.57. The number of hydrogen-bond acceptors (Lipinski definition) is 4. The minimum Gasteiger partial charge on any atom is -0.382 e. The number of aromatic nitrogens is 2. The Labute approximate surface area is 144 Å². The molecule has 1 aromatic heterocycles. The van der Waals surface area contributed by atoms with Crippen molar-refractivity contribution in [2.24, 2.45) is 7.05 Å². The van der Waals surface area contributed by atoms with Crippen molar-refractivity contribution in [3.63, 3.8) is 0 Å². The van der Waals surface area contributed by atoms with Crippen LogP contribution in [-0.4, -0.2) is 15.7 Å². The van der Waals surface area contributed by atoms with Crippen molar-refractivity contribution < 1.29 is 4.79 Å². The normalized spacial score (nSPS) is 10.6. The van der Waals surface area contributed by atoms with Gasteiger partial charge in [0.2, 0.25) is 0 Å². The Morgan fingerprint density at radius 2 is 1.79 bits per heavy atom. The monoisotopic (exact) mass is 338 g/mol. The van der Waals surface area contributed by atoms with Gasteiger partial charge in [-0.3, -0.25) is 9.48 Å². The van der Waals surface area contributed by atoms with Gasteiger partial charge < -0.3 is 11.1 Å². The second-order valence-corrected chi connectivity index (χ2v) is 6.49. The zero-order chi connectivity index (χ0) is 17.1. The Morgan fingerprint density at radius 3 is 2.46 bits per heavy atom. The lowest BCUT2D eigenvalue weighted by Crippen LogP contribution is -2.13. The summed E-state index contributed by atoms with van der Waals surface area (Å²) in [5, 5.41) is 7.96. The first-order valence-corrected chi connectivity index (χ1v) is 8.29. The van der Waals surface area contributed by atoms with E-state index in [0.29, 0.717) is 22.1 Å². The second-order valence-electron chi connectivity index (χ2n) is 5.42. The summed E-state index contributed by atoms with van der Waals surface area (Å²) in [6.07, 6.45) is 0. The molecule has 0 spiro atoms. The lowest BCUT2D eigenvalue weighted by atomic mass is 10.1. The van der Waals surface area contributed by atoms with Gasteiger partial charge in [-0.05, 0) is 31.2 Å². The third-order valence-corrected chi connectivity index (χ3v) is 4.56. The lowest BCUT2D eigenvalue weighted by molar-refractivity contribution is 0.102. The topological polar surface area (TPSA) is 72.9 Å². The molecule has 5 nitrogen and oxygen atoms in total. The number of carbonyl (C=O) groups is 1. The molecule has 0 atom stereocenters. The molecule has 0 aliphatic heterocycles. The first-order valence-electron chi connectivity index (χ1n) is 7.48. The summed E-state index contributed by atoms with van der Waals surface area (Å²) in [5.41, 5.74) is 8.31. The smallest absolute Gasteiger partial charge is 0.255 e. The van der Waals surface area contributed by atoms with Crippen LogP contribution in [-0.2, 0) is 7.05 Å². The fourth-order valence-corrected chi connectivity index (χ4v) is 3.13. The summed E-state index contributed by atoms with van der Waals surface area (Å²) in [7, 11) is 1.76. The minimum absolute atomic E-state index is 0.204. The third kappa shape index (κ3) is 3.44. The lowest BCUT2D eigenvalue weighted by Gasteiger charge is -2.07. The molecule has 0 bridgehead atoms. The van der Waals surface area contributed by atoms with E-state index < -0.39 is 0 Å². The average molecular weight is 338 g/mol. The molecule has 6 heteroatoms. The van der Waals surface area contributed by atoms with Gasteiger partial charge in [0.25, 0.3) is 5.91 Å². The van der Waals surface area contributed by atoms with Gasteiger partial charge in [-0.2, -0.15) is 5.10 Å². The van der Waals surface area contributed by atoms with Gasteiger partial charge in [0.05, 0.1) is 0 Å². The molecule has 2 aromatic carbocycles. The first kappa shape index (κ1) is 16.1. The van der Waals surface area contributed by atoms with E-state index in [4.69, 9.17) is 5.73 Å². The fourth-order valence-electron chi connectivity index (χ4n) is 2.19. The van der Waals surface area contributed by atoms with Crippen molar-refractivity contribution in [1.29, 1.82) is 0 Å². The predicted molar refractivity (Wildman–Crippen MR) is 97.3 cm³/mol. The summed E-state index contributed by atoms with van der Waals surface area (Å²) in [6.45, 7) is 1.98. The molecule has 3 aromatic rings. The van der Waals surface area contributed by atoms with Crippen LogP contribution in [0, 0.1) is 6.92 Å². The molecule has 0 saturated carbocycles. The molecule has 3 N–H and O–H groups in total. The van der Waals surface area contributed by atoms with E-state index in [1.165, 1.54) is 11.8 Å². The zero-order valence-electron chi connectivity index (χ0n) is 13.5. The summed E-state index contributed by atoms with van der Waals surface area (Å²) in [4.78, 5) is 13.5. The van der Waals surface area contributed by atoms with Gasteiger partial charge in [0.15, 0.2) is 0 Å². The van der Waals surface area contributed by atoms with E-state index in [0.717, 1.165) is 10.5 Å². The number of hydrogen-bond donors (Lipinski definition) is 2. The molecule has 0 fully saturated rings. The number of rotatable bonds is 4. The van der Waals surface area contributed by atoms with Gasteiger partial charge in [-0.15, -0.1) is 0 Å². The average Bonchev–Trinajstić information content (AvgIpc) is 2.84. The molecule has 1 amide bonds. The number of benzene rings is 2. The van der Waals surface area contributed by atoms with Crippen molar-refractivity contribution >= 4 is 29.2 Å². The van der Waals surface area contributed by atoms with E-state index in [-0.39, 0.29) is 5.91 Å². The molecule has 122 valence electrons. The van der Waals surface area contributed by atoms with Crippen molar-refractivity contribution in [3.05, 3.63) is 65.7 Å². The maximum atomic E-state index is 12.5.